The summed E-state index contributed by atoms with van der Waals surface area (Å²) in [4.78, 5) is 13.2. The van der Waals surface area contributed by atoms with E-state index < -0.39 is 0 Å². The van der Waals surface area contributed by atoms with Gasteiger partial charge < -0.3 is 10.1 Å². The van der Waals surface area contributed by atoms with Gasteiger partial charge in [-0.2, -0.15) is 0 Å². The summed E-state index contributed by atoms with van der Waals surface area (Å²) in [5.41, 5.74) is 1.94. The van der Waals surface area contributed by atoms with Gasteiger partial charge >= 0.3 is 0 Å². The number of hydrogen-bond acceptors (Lipinski definition) is 5. The van der Waals surface area contributed by atoms with E-state index in [0.29, 0.717) is 12.1 Å². The maximum absolute atomic E-state index is 5.42. The zero-order valence-corrected chi connectivity index (χ0v) is 12.4. The second-order valence-electron chi connectivity index (χ2n) is 5.47. The van der Waals surface area contributed by atoms with Crippen molar-refractivity contribution in [2.24, 2.45) is 0 Å². The van der Waals surface area contributed by atoms with Crippen LogP contribution in [0.5, 0.6) is 0 Å². The standard InChI is InChI=1S/C16H20N4O/c1-11-9-15(19-13-3-4-14(10-13)21-2)20-16(18-11)12-5-7-17-8-6-12/h5-9,13-14H,3-4,10H2,1-2H3,(H,18,19,20). The lowest BCUT2D eigenvalue weighted by Crippen LogP contribution is -2.18. The van der Waals surface area contributed by atoms with E-state index in [1.54, 1.807) is 19.5 Å². The van der Waals surface area contributed by atoms with Crippen LogP contribution in [-0.2, 0) is 4.74 Å². The Balaban J connectivity index is 1.79. The van der Waals surface area contributed by atoms with Crippen molar-refractivity contribution >= 4 is 5.82 Å². The molecule has 0 spiro atoms. The minimum atomic E-state index is 0.366. The summed E-state index contributed by atoms with van der Waals surface area (Å²) in [5, 5.41) is 3.51. The van der Waals surface area contributed by atoms with Crippen LogP contribution in [-0.4, -0.2) is 34.2 Å². The molecule has 0 aromatic carbocycles. The number of aromatic nitrogens is 3. The molecular weight excluding hydrogens is 264 g/mol. The van der Waals surface area contributed by atoms with Crippen LogP contribution in [0.3, 0.4) is 0 Å². The van der Waals surface area contributed by atoms with E-state index in [9.17, 15) is 0 Å². The van der Waals surface area contributed by atoms with Crippen molar-refractivity contribution in [2.75, 3.05) is 12.4 Å². The first-order chi connectivity index (χ1) is 10.2. The van der Waals surface area contributed by atoms with Crippen LogP contribution < -0.4 is 5.32 Å². The molecule has 21 heavy (non-hydrogen) atoms. The highest BCUT2D eigenvalue weighted by Gasteiger charge is 2.24. The van der Waals surface area contributed by atoms with Gasteiger partial charge in [0, 0.05) is 42.9 Å². The van der Waals surface area contributed by atoms with Gasteiger partial charge in [0.15, 0.2) is 5.82 Å². The van der Waals surface area contributed by atoms with Crippen molar-refractivity contribution in [3.63, 3.8) is 0 Å². The number of nitrogens with one attached hydrogen (secondary N) is 1. The molecular formula is C16H20N4O. The molecule has 2 aromatic rings. The Labute approximate surface area is 124 Å². The lowest BCUT2D eigenvalue weighted by molar-refractivity contribution is 0.108. The Morgan fingerprint density at radius 3 is 2.71 bits per heavy atom. The quantitative estimate of drug-likeness (QED) is 0.935. The number of anilines is 1. The summed E-state index contributed by atoms with van der Waals surface area (Å²) in [6, 6.07) is 6.27. The fourth-order valence-electron chi connectivity index (χ4n) is 2.77. The first-order valence-electron chi connectivity index (χ1n) is 7.30. The molecule has 0 radical (unpaired) electrons. The molecule has 2 unspecified atom stereocenters. The van der Waals surface area contributed by atoms with E-state index in [-0.39, 0.29) is 0 Å². The van der Waals surface area contributed by atoms with E-state index in [2.05, 4.69) is 20.3 Å². The first kappa shape index (κ1) is 13.9. The van der Waals surface area contributed by atoms with E-state index in [0.717, 1.165) is 42.2 Å². The van der Waals surface area contributed by atoms with Gasteiger partial charge in [-0.05, 0) is 38.3 Å². The van der Waals surface area contributed by atoms with Gasteiger partial charge in [0.25, 0.3) is 0 Å². The molecule has 110 valence electrons. The molecule has 5 nitrogen and oxygen atoms in total. The maximum Gasteiger partial charge on any atom is 0.161 e. The number of ether oxygens (including phenoxy) is 1. The van der Waals surface area contributed by atoms with Crippen LogP contribution in [0.15, 0.2) is 30.6 Å². The van der Waals surface area contributed by atoms with Crippen LogP contribution in [0.25, 0.3) is 11.4 Å². The van der Waals surface area contributed by atoms with E-state index in [1.165, 1.54) is 0 Å². The van der Waals surface area contributed by atoms with Crippen LogP contribution >= 0.6 is 0 Å². The summed E-state index contributed by atoms with van der Waals surface area (Å²) in [6.45, 7) is 1.99. The molecule has 0 amide bonds. The van der Waals surface area contributed by atoms with Gasteiger partial charge in [0.05, 0.1) is 6.10 Å². The van der Waals surface area contributed by atoms with E-state index >= 15 is 0 Å². The Morgan fingerprint density at radius 2 is 2.00 bits per heavy atom. The molecule has 0 bridgehead atoms. The summed E-state index contributed by atoms with van der Waals surface area (Å²) >= 11 is 0. The third-order valence-electron chi connectivity index (χ3n) is 3.86. The van der Waals surface area contributed by atoms with E-state index in [1.807, 2.05) is 25.1 Å². The van der Waals surface area contributed by atoms with Gasteiger partial charge in [0.1, 0.15) is 5.82 Å². The van der Waals surface area contributed by atoms with Crippen molar-refractivity contribution in [3.05, 3.63) is 36.3 Å². The Kier molecular flexibility index (Phi) is 4.10. The van der Waals surface area contributed by atoms with Crippen LogP contribution in [0, 0.1) is 6.92 Å². The van der Waals surface area contributed by atoms with E-state index in [4.69, 9.17) is 4.74 Å². The molecule has 2 aromatic heterocycles. The predicted octanol–water partition coefficient (Wildman–Crippen LogP) is 2.83. The summed E-state index contributed by atoms with van der Waals surface area (Å²) in [7, 11) is 1.78. The van der Waals surface area contributed by atoms with Crippen molar-refractivity contribution in [1.29, 1.82) is 0 Å². The smallest absolute Gasteiger partial charge is 0.161 e. The molecule has 0 saturated heterocycles. The summed E-state index contributed by atoms with van der Waals surface area (Å²) in [5.74, 6) is 1.62. The summed E-state index contributed by atoms with van der Waals surface area (Å²) in [6.07, 6.45) is 7.14. The fourth-order valence-corrected chi connectivity index (χ4v) is 2.77. The minimum Gasteiger partial charge on any atom is -0.381 e. The Hall–Kier alpha value is -2.01. The molecule has 5 heteroatoms. The number of methoxy groups -OCH3 is 1. The molecule has 1 N–H and O–H groups in total. The molecule has 1 fully saturated rings. The third-order valence-corrected chi connectivity index (χ3v) is 3.86. The van der Waals surface area contributed by atoms with Gasteiger partial charge in [-0.15, -0.1) is 0 Å². The van der Waals surface area contributed by atoms with Gasteiger partial charge in [-0.25, -0.2) is 9.97 Å². The number of rotatable bonds is 4. The van der Waals surface area contributed by atoms with Gasteiger partial charge in [-0.3, -0.25) is 4.98 Å². The topological polar surface area (TPSA) is 59.9 Å². The average Bonchev–Trinajstić information content (AvgIpc) is 2.95. The highest BCUT2D eigenvalue weighted by Crippen LogP contribution is 2.25. The van der Waals surface area contributed by atoms with Gasteiger partial charge in [0.2, 0.25) is 0 Å². The van der Waals surface area contributed by atoms with Crippen molar-refractivity contribution in [3.8, 4) is 11.4 Å². The average molecular weight is 284 g/mol. The molecule has 0 aliphatic heterocycles. The zero-order chi connectivity index (χ0) is 14.7. The Morgan fingerprint density at radius 1 is 1.19 bits per heavy atom. The zero-order valence-electron chi connectivity index (χ0n) is 12.4. The lowest BCUT2D eigenvalue weighted by Gasteiger charge is -2.14. The SMILES string of the molecule is COC1CCC(Nc2cc(C)nc(-c3ccncc3)n2)C1. The lowest BCUT2D eigenvalue weighted by atomic mass is 10.2. The molecule has 1 aliphatic rings. The number of hydrogen-bond donors (Lipinski definition) is 1. The monoisotopic (exact) mass is 284 g/mol. The number of aryl methyl sites for hydroxylation is 1. The molecule has 2 atom stereocenters. The number of pyridine rings is 1. The normalized spacial score (nSPS) is 21.4. The fraction of sp³-hybridized carbons (Fsp3) is 0.438. The Bertz CT molecular complexity index is 602. The maximum atomic E-state index is 5.42. The minimum absolute atomic E-state index is 0.366. The first-order valence-corrected chi connectivity index (χ1v) is 7.30. The van der Waals surface area contributed by atoms with Crippen molar-refractivity contribution < 1.29 is 4.74 Å². The largest absolute Gasteiger partial charge is 0.381 e. The highest BCUT2D eigenvalue weighted by atomic mass is 16.5. The highest BCUT2D eigenvalue weighted by molar-refractivity contribution is 5.56. The second-order valence-corrected chi connectivity index (χ2v) is 5.47. The number of nitrogens with zero attached hydrogens (tertiary/aromatic N) is 3. The van der Waals surface area contributed by atoms with Crippen molar-refractivity contribution in [1.82, 2.24) is 15.0 Å². The van der Waals surface area contributed by atoms with Crippen LogP contribution in [0.2, 0.25) is 0 Å². The molecule has 3 rings (SSSR count). The summed E-state index contributed by atoms with van der Waals surface area (Å²) < 4.78 is 5.42. The molecule has 1 saturated carbocycles. The molecule has 2 heterocycles. The third kappa shape index (κ3) is 3.36. The molecule has 1 aliphatic carbocycles. The van der Waals surface area contributed by atoms with Gasteiger partial charge in [-0.1, -0.05) is 0 Å². The predicted molar refractivity (Wildman–Crippen MR) is 82.1 cm³/mol. The van der Waals surface area contributed by atoms with Crippen molar-refractivity contribution in [2.45, 2.75) is 38.3 Å². The van der Waals surface area contributed by atoms with Crippen LogP contribution in [0.4, 0.5) is 5.82 Å². The van der Waals surface area contributed by atoms with Crippen LogP contribution in [0.1, 0.15) is 25.0 Å². The second kappa shape index (κ2) is 6.18.